The van der Waals surface area contributed by atoms with Crippen molar-refractivity contribution in [2.24, 2.45) is 5.10 Å². The second-order valence-electron chi connectivity index (χ2n) is 7.14. The fourth-order valence-corrected chi connectivity index (χ4v) is 3.44. The van der Waals surface area contributed by atoms with Crippen molar-refractivity contribution in [3.05, 3.63) is 99.5 Å². The second-order valence-corrected chi connectivity index (χ2v) is 8.49. The summed E-state index contributed by atoms with van der Waals surface area (Å²) in [6.45, 7) is 3.44. The van der Waals surface area contributed by atoms with Crippen molar-refractivity contribution in [3.63, 3.8) is 0 Å². The van der Waals surface area contributed by atoms with Crippen LogP contribution in [0.15, 0.2) is 82.9 Å². The highest BCUT2D eigenvalue weighted by Crippen LogP contribution is 2.28. The zero-order valence-electron chi connectivity index (χ0n) is 18.8. The molecule has 1 N–H and O–H groups in total. The summed E-state index contributed by atoms with van der Waals surface area (Å²) in [6.07, 6.45) is 3.85. The van der Waals surface area contributed by atoms with Gasteiger partial charge >= 0.3 is 5.97 Å². The first kappa shape index (κ1) is 26.0. The van der Waals surface area contributed by atoms with E-state index in [2.05, 4.69) is 33.0 Å². The van der Waals surface area contributed by atoms with E-state index in [0.717, 1.165) is 10.0 Å². The fourth-order valence-electron chi connectivity index (χ4n) is 2.93. The van der Waals surface area contributed by atoms with Gasteiger partial charge in [-0.15, -0.1) is 6.58 Å². The molecule has 7 nitrogen and oxygen atoms in total. The van der Waals surface area contributed by atoms with Crippen molar-refractivity contribution < 1.29 is 23.8 Å². The van der Waals surface area contributed by atoms with Crippen molar-refractivity contribution in [2.75, 3.05) is 13.7 Å². The van der Waals surface area contributed by atoms with E-state index >= 15 is 0 Å². The number of esters is 1. The maximum Gasteiger partial charge on any atom is 0.343 e. The van der Waals surface area contributed by atoms with Gasteiger partial charge in [0, 0.05) is 15.1 Å². The first-order valence-corrected chi connectivity index (χ1v) is 11.6. The molecular weight excluding hydrogens is 536 g/mol. The fraction of sp³-hybridized carbons (Fsp3) is 0.115. The molecular formula is C26H22BrClN2O5. The predicted molar refractivity (Wildman–Crippen MR) is 139 cm³/mol. The molecule has 0 aliphatic heterocycles. The number of carbonyl (C=O) groups is 2. The Balaban J connectivity index is 1.61. The summed E-state index contributed by atoms with van der Waals surface area (Å²) in [5, 5.41) is 4.47. The molecule has 0 heterocycles. The second kappa shape index (κ2) is 12.7. The van der Waals surface area contributed by atoms with Crippen molar-refractivity contribution in [1.82, 2.24) is 5.43 Å². The van der Waals surface area contributed by atoms with E-state index in [9.17, 15) is 9.59 Å². The van der Waals surface area contributed by atoms with E-state index in [4.69, 9.17) is 25.8 Å². The van der Waals surface area contributed by atoms with Crippen molar-refractivity contribution in [1.29, 1.82) is 0 Å². The number of nitrogens with zero attached hydrogens (tertiary/aromatic N) is 1. The Morgan fingerprint density at radius 1 is 1.06 bits per heavy atom. The molecule has 0 saturated heterocycles. The van der Waals surface area contributed by atoms with Gasteiger partial charge in [-0.2, -0.15) is 5.10 Å². The minimum Gasteiger partial charge on any atom is -0.493 e. The molecule has 0 unspecified atom stereocenters. The van der Waals surface area contributed by atoms with Crippen LogP contribution < -0.4 is 19.6 Å². The minimum absolute atomic E-state index is 0.270. The van der Waals surface area contributed by atoms with Crippen LogP contribution >= 0.6 is 27.5 Å². The van der Waals surface area contributed by atoms with Gasteiger partial charge in [0.1, 0.15) is 5.75 Å². The van der Waals surface area contributed by atoms with Gasteiger partial charge in [-0.05, 0) is 66.6 Å². The summed E-state index contributed by atoms with van der Waals surface area (Å²) in [6, 6.07) is 16.8. The summed E-state index contributed by atoms with van der Waals surface area (Å²) in [5.74, 6) is 0.189. The van der Waals surface area contributed by atoms with E-state index in [0.29, 0.717) is 34.1 Å². The number of rotatable bonds is 10. The summed E-state index contributed by atoms with van der Waals surface area (Å²) in [7, 11) is 1.53. The molecule has 35 heavy (non-hydrogen) atoms. The molecule has 0 radical (unpaired) electrons. The number of nitrogens with one attached hydrogen (secondary N) is 1. The van der Waals surface area contributed by atoms with Crippen LogP contribution in [0.2, 0.25) is 5.02 Å². The Kier molecular flexibility index (Phi) is 9.46. The van der Waals surface area contributed by atoms with Gasteiger partial charge < -0.3 is 14.2 Å². The molecule has 1 amide bonds. The third-order valence-electron chi connectivity index (χ3n) is 4.61. The Morgan fingerprint density at radius 2 is 1.80 bits per heavy atom. The predicted octanol–water partition coefficient (Wildman–Crippen LogP) is 5.59. The number of amides is 1. The van der Waals surface area contributed by atoms with Crippen LogP contribution in [0.25, 0.3) is 0 Å². The lowest BCUT2D eigenvalue weighted by atomic mass is 10.1. The van der Waals surface area contributed by atoms with Gasteiger partial charge in [0.05, 0.1) is 18.9 Å². The molecule has 3 aromatic rings. The van der Waals surface area contributed by atoms with Crippen LogP contribution in [0.1, 0.15) is 21.5 Å². The number of ether oxygens (including phenoxy) is 3. The van der Waals surface area contributed by atoms with E-state index in [1.54, 1.807) is 54.6 Å². The van der Waals surface area contributed by atoms with Crippen LogP contribution in [0.3, 0.4) is 0 Å². The van der Waals surface area contributed by atoms with Gasteiger partial charge in [0.25, 0.3) is 5.91 Å². The van der Waals surface area contributed by atoms with Crippen molar-refractivity contribution in [2.45, 2.75) is 6.42 Å². The molecule has 0 saturated carbocycles. The Bertz CT molecular complexity index is 1240. The van der Waals surface area contributed by atoms with Crippen LogP contribution in [-0.2, 0) is 11.2 Å². The smallest absolute Gasteiger partial charge is 0.343 e. The number of benzene rings is 3. The zero-order chi connectivity index (χ0) is 25.2. The molecule has 3 aromatic carbocycles. The Morgan fingerprint density at radius 3 is 2.51 bits per heavy atom. The van der Waals surface area contributed by atoms with Gasteiger partial charge in [-0.3, -0.25) is 4.79 Å². The van der Waals surface area contributed by atoms with Crippen molar-refractivity contribution >= 4 is 45.6 Å². The lowest BCUT2D eigenvalue weighted by Gasteiger charge is -2.11. The monoisotopic (exact) mass is 556 g/mol. The van der Waals surface area contributed by atoms with Crippen molar-refractivity contribution in [3.8, 4) is 17.2 Å². The molecule has 3 rings (SSSR count). The van der Waals surface area contributed by atoms with Crippen LogP contribution in [0.4, 0.5) is 0 Å². The maximum absolute atomic E-state index is 12.5. The summed E-state index contributed by atoms with van der Waals surface area (Å²) >= 11 is 9.24. The third kappa shape index (κ3) is 7.70. The molecule has 0 aliphatic carbocycles. The number of hydrogen-bond donors (Lipinski definition) is 1. The third-order valence-corrected chi connectivity index (χ3v) is 5.36. The first-order valence-electron chi connectivity index (χ1n) is 10.4. The quantitative estimate of drug-likeness (QED) is 0.116. The number of hydrazone groups is 1. The van der Waals surface area contributed by atoms with E-state index in [1.165, 1.54) is 13.3 Å². The lowest BCUT2D eigenvalue weighted by molar-refractivity contribution is -0.123. The van der Waals surface area contributed by atoms with Crippen LogP contribution in [-0.4, -0.2) is 31.8 Å². The highest BCUT2D eigenvalue weighted by atomic mass is 79.9. The number of carbonyl (C=O) groups excluding carboxylic acids is 2. The molecule has 180 valence electrons. The standard InChI is InChI=1S/C26H22BrClN2O5/c1-3-4-17-5-11-23(24(13-17)33-2)34-16-25(31)30-29-15-19-14-20(27)8-12-22(19)35-26(32)18-6-9-21(28)10-7-18/h3,5-15H,1,4,16H2,2H3,(H,30,31). The van der Waals surface area contributed by atoms with Gasteiger partial charge in [-0.1, -0.05) is 39.7 Å². The normalized spacial score (nSPS) is 10.6. The topological polar surface area (TPSA) is 86.2 Å². The molecule has 0 aliphatic rings. The minimum atomic E-state index is -0.552. The highest BCUT2D eigenvalue weighted by Gasteiger charge is 2.12. The summed E-state index contributed by atoms with van der Waals surface area (Å²) in [5.41, 5.74) is 4.22. The number of methoxy groups -OCH3 is 1. The van der Waals surface area contributed by atoms with Gasteiger partial charge in [-0.25, -0.2) is 10.2 Å². The molecule has 0 spiro atoms. The van der Waals surface area contributed by atoms with E-state index in [1.807, 2.05) is 12.1 Å². The lowest BCUT2D eigenvalue weighted by Crippen LogP contribution is -2.24. The summed E-state index contributed by atoms with van der Waals surface area (Å²) in [4.78, 5) is 24.7. The van der Waals surface area contributed by atoms with Crippen LogP contribution in [0.5, 0.6) is 17.2 Å². The van der Waals surface area contributed by atoms with Gasteiger partial charge in [0.2, 0.25) is 0 Å². The maximum atomic E-state index is 12.5. The number of hydrogen-bond acceptors (Lipinski definition) is 6. The molecule has 0 bridgehead atoms. The average Bonchev–Trinajstić information content (AvgIpc) is 2.85. The van der Waals surface area contributed by atoms with E-state index in [-0.39, 0.29) is 12.4 Å². The Hall–Kier alpha value is -3.62. The SMILES string of the molecule is C=CCc1ccc(OCC(=O)NN=Cc2cc(Br)ccc2OC(=O)c2ccc(Cl)cc2)c(OC)c1. The van der Waals surface area contributed by atoms with E-state index < -0.39 is 11.9 Å². The highest BCUT2D eigenvalue weighted by molar-refractivity contribution is 9.10. The Labute approximate surface area is 216 Å². The number of halogens is 2. The number of allylic oxidation sites excluding steroid dienone is 1. The average molecular weight is 558 g/mol. The zero-order valence-corrected chi connectivity index (χ0v) is 21.1. The first-order chi connectivity index (χ1) is 16.9. The molecule has 9 heteroatoms. The largest absolute Gasteiger partial charge is 0.493 e. The molecule has 0 aromatic heterocycles. The molecule has 0 fully saturated rings. The summed E-state index contributed by atoms with van der Waals surface area (Å²) < 4.78 is 17.1. The molecule has 0 atom stereocenters. The van der Waals surface area contributed by atoms with Gasteiger partial charge in [0.15, 0.2) is 18.1 Å². The van der Waals surface area contributed by atoms with Crippen LogP contribution in [0, 0.1) is 0 Å².